The number of methoxy groups -OCH3 is 1. The molecule has 22 heavy (non-hydrogen) atoms. The van der Waals surface area contributed by atoms with E-state index in [0.29, 0.717) is 26.6 Å². The minimum absolute atomic E-state index is 0.134. The van der Waals surface area contributed by atoms with Gasteiger partial charge in [-0.1, -0.05) is 53.2 Å². The molecular formula is C16H15Br2NO3. The summed E-state index contributed by atoms with van der Waals surface area (Å²) in [7, 11) is 1.33. The van der Waals surface area contributed by atoms with Crippen LogP contribution in [0.4, 0.5) is 0 Å². The van der Waals surface area contributed by atoms with E-state index < -0.39 is 5.97 Å². The topological polar surface area (TPSA) is 59.2 Å². The standard InChI is InChI=1S/C16H15Br2NO3/c1-9(10-6-4-3-5-7-10)12-13(16(21)22-2)11(8-17)19-15(20)14(12)18/h3-7,9H,8H2,1-2H3,(H,19,20)/t9-/m1/s1. The molecule has 1 N–H and O–H groups in total. The zero-order valence-electron chi connectivity index (χ0n) is 12.2. The fourth-order valence-electron chi connectivity index (χ4n) is 2.40. The highest BCUT2D eigenvalue weighted by molar-refractivity contribution is 9.10. The molecule has 2 rings (SSSR count). The zero-order valence-corrected chi connectivity index (χ0v) is 15.3. The van der Waals surface area contributed by atoms with Gasteiger partial charge in [-0.3, -0.25) is 4.79 Å². The Balaban J connectivity index is 2.75. The Kier molecular flexibility index (Phi) is 5.58. The highest BCUT2D eigenvalue weighted by Crippen LogP contribution is 2.33. The molecule has 0 spiro atoms. The van der Waals surface area contributed by atoms with Crippen molar-refractivity contribution in [3.63, 3.8) is 0 Å². The number of benzene rings is 1. The molecule has 1 aromatic heterocycles. The number of esters is 1. The van der Waals surface area contributed by atoms with Crippen molar-refractivity contribution in [1.29, 1.82) is 0 Å². The lowest BCUT2D eigenvalue weighted by Gasteiger charge is -2.19. The van der Waals surface area contributed by atoms with Gasteiger partial charge in [-0.2, -0.15) is 0 Å². The van der Waals surface area contributed by atoms with Gasteiger partial charge in [0, 0.05) is 16.9 Å². The number of H-pyrrole nitrogens is 1. The second-order valence-corrected chi connectivity index (χ2v) is 6.15. The van der Waals surface area contributed by atoms with E-state index in [2.05, 4.69) is 36.8 Å². The van der Waals surface area contributed by atoms with Crippen molar-refractivity contribution in [1.82, 2.24) is 4.98 Å². The summed E-state index contributed by atoms with van der Waals surface area (Å²) < 4.78 is 5.25. The lowest BCUT2D eigenvalue weighted by atomic mass is 9.89. The van der Waals surface area contributed by atoms with Gasteiger partial charge in [-0.25, -0.2) is 4.79 Å². The van der Waals surface area contributed by atoms with Crippen LogP contribution in [0.1, 0.15) is 40.0 Å². The molecule has 0 saturated heterocycles. The summed E-state index contributed by atoms with van der Waals surface area (Å²) in [6.45, 7) is 1.96. The van der Waals surface area contributed by atoms with Gasteiger partial charge in [0.2, 0.25) is 0 Å². The van der Waals surface area contributed by atoms with E-state index in [-0.39, 0.29) is 11.5 Å². The number of rotatable bonds is 4. The van der Waals surface area contributed by atoms with Gasteiger partial charge in [0.15, 0.2) is 0 Å². The molecule has 0 aliphatic carbocycles. The molecule has 0 unspecified atom stereocenters. The Morgan fingerprint density at radius 1 is 1.32 bits per heavy atom. The average molecular weight is 429 g/mol. The highest BCUT2D eigenvalue weighted by Gasteiger charge is 2.26. The van der Waals surface area contributed by atoms with Crippen molar-refractivity contribution >= 4 is 37.8 Å². The summed E-state index contributed by atoms with van der Waals surface area (Å²) in [5, 5.41) is 0.356. The Hall–Kier alpha value is -1.40. The number of carbonyl (C=O) groups excluding carboxylic acids is 1. The first-order valence-corrected chi connectivity index (χ1v) is 8.56. The number of alkyl halides is 1. The van der Waals surface area contributed by atoms with Crippen LogP contribution in [0.3, 0.4) is 0 Å². The Morgan fingerprint density at radius 3 is 2.50 bits per heavy atom. The molecule has 1 heterocycles. The quantitative estimate of drug-likeness (QED) is 0.592. The van der Waals surface area contributed by atoms with E-state index in [0.717, 1.165) is 5.56 Å². The maximum atomic E-state index is 12.2. The number of aromatic nitrogens is 1. The molecule has 0 saturated carbocycles. The smallest absolute Gasteiger partial charge is 0.340 e. The van der Waals surface area contributed by atoms with Gasteiger partial charge < -0.3 is 9.72 Å². The second kappa shape index (κ2) is 7.24. The predicted octanol–water partition coefficient (Wildman–Crippen LogP) is 3.97. The molecule has 4 nitrogen and oxygen atoms in total. The van der Waals surface area contributed by atoms with Crippen molar-refractivity contribution < 1.29 is 9.53 Å². The molecule has 2 aromatic rings. The van der Waals surface area contributed by atoms with Crippen LogP contribution in [0.2, 0.25) is 0 Å². The highest BCUT2D eigenvalue weighted by atomic mass is 79.9. The van der Waals surface area contributed by atoms with Crippen molar-refractivity contribution in [2.24, 2.45) is 0 Å². The van der Waals surface area contributed by atoms with Crippen LogP contribution in [0.5, 0.6) is 0 Å². The summed E-state index contributed by atoms with van der Waals surface area (Å²) in [5.41, 5.74) is 2.29. The molecule has 0 aliphatic rings. The fourth-order valence-corrected chi connectivity index (χ4v) is 3.46. The molecule has 0 bridgehead atoms. The molecule has 0 aliphatic heterocycles. The maximum Gasteiger partial charge on any atom is 0.340 e. The van der Waals surface area contributed by atoms with Gasteiger partial charge in [-0.15, -0.1) is 0 Å². The zero-order chi connectivity index (χ0) is 16.3. The number of hydrogen-bond acceptors (Lipinski definition) is 3. The van der Waals surface area contributed by atoms with E-state index >= 15 is 0 Å². The number of ether oxygens (including phenoxy) is 1. The number of halogens is 2. The predicted molar refractivity (Wildman–Crippen MR) is 92.7 cm³/mol. The average Bonchev–Trinajstić information content (AvgIpc) is 2.56. The summed E-state index contributed by atoms with van der Waals surface area (Å²) in [6.07, 6.45) is 0. The molecular weight excluding hydrogens is 414 g/mol. The molecule has 1 aromatic carbocycles. The van der Waals surface area contributed by atoms with Crippen LogP contribution in [0.25, 0.3) is 0 Å². The lowest BCUT2D eigenvalue weighted by Crippen LogP contribution is -2.21. The van der Waals surface area contributed by atoms with Crippen molar-refractivity contribution in [3.05, 3.63) is 67.5 Å². The number of pyridine rings is 1. The van der Waals surface area contributed by atoms with E-state index in [1.807, 2.05) is 37.3 Å². The monoisotopic (exact) mass is 427 g/mol. The first-order valence-electron chi connectivity index (χ1n) is 6.65. The summed E-state index contributed by atoms with van der Waals surface area (Å²) in [4.78, 5) is 27.1. The maximum absolute atomic E-state index is 12.2. The van der Waals surface area contributed by atoms with E-state index in [4.69, 9.17) is 4.74 Å². The van der Waals surface area contributed by atoms with Crippen LogP contribution in [-0.4, -0.2) is 18.1 Å². The van der Waals surface area contributed by atoms with Crippen molar-refractivity contribution in [2.75, 3.05) is 7.11 Å². The number of aromatic amines is 1. The van der Waals surface area contributed by atoms with Gasteiger partial charge in [0.05, 0.1) is 17.1 Å². The first kappa shape index (κ1) is 17.0. The normalized spacial score (nSPS) is 12.0. The van der Waals surface area contributed by atoms with Crippen LogP contribution in [-0.2, 0) is 10.1 Å². The third-order valence-corrected chi connectivity index (χ3v) is 4.88. The van der Waals surface area contributed by atoms with Crippen LogP contribution >= 0.6 is 31.9 Å². The number of hydrogen-bond donors (Lipinski definition) is 1. The third kappa shape index (κ3) is 3.17. The van der Waals surface area contributed by atoms with Crippen LogP contribution in [0.15, 0.2) is 39.6 Å². The largest absolute Gasteiger partial charge is 0.465 e. The summed E-state index contributed by atoms with van der Waals surface area (Å²) >= 11 is 6.63. The first-order chi connectivity index (χ1) is 10.5. The number of nitrogens with one attached hydrogen (secondary N) is 1. The van der Waals surface area contributed by atoms with Crippen LogP contribution < -0.4 is 5.56 Å². The van der Waals surface area contributed by atoms with E-state index in [1.54, 1.807) is 0 Å². The van der Waals surface area contributed by atoms with E-state index in [1.165, 1.54) is 7.11 Å². The molecule has 6 heteroatoms. The van der Waals surface area contributed by atoms with Crippen molar-refractivity contribution in [3.8, 4) is 0 Å². The molecule has 0 radical (unpaired) electrons. The second-order valence-electron chi connectivity index (χ2n) is 4.79. The summed E-state index contributed by atoms with van der Waals surface area (Å²) in [5.74, 6) is -0.603. The van der Waals surface area contributed by atoms with E-state index in [9.17, 15) is 9.59 Å². The minimum Gasteiger partial charge on any atom is -0.465 e. The van der Waals surface area contributed by atoms with Gasteiger partial charge in [-0.05, 0) is 27.1 Å². The minimum atomic E-state index is -0.468. The third-order valence-electron chi connectivity index (χ3n) is 3.53. The summed E-state index contributed by atoms with van der Waals surface area (Å²) in [6, 6.07) is 9.71. The number of carbonyl (C=O) groups is 1. The fraction of sp³-hybridized carbons (Fsp3) is 0.250. The lowest BCUT2D eigenvalue weighted by molar-refractivity contribution is 0.0597. The van der Waals surface area contributed by atoms with Crippen LogP contribution in [0, 0.1) is 0 Å². The Morgan fingerprint density at radius 2 is 1.95 bits per heavy atom. The van der Waals surface area contributed by atoms with Gasteiger partial charge >= 0.3 is 5.97 Å². The van der Waals surface area contributed by atoms with Gasteiger partial charge in [0.1, 0.15) is 0 Å². The molecule has 0 fully saturated rings. The molecule has 116 valence electrons. The Labute approximate surface area is 145 Å². The molecule has 1 atom stereocenters. The van der Waals surface area contributed by atoms with Crippen molar-refractivity contribution in [2.45, 2.75) is 18.2 Å². The molecule has 0 amide bonds. The SMILES string of the molecule is COC(=O)c1c(CBr)[nH]c(=O)c(Br)c1[C@H](C)c1ccccc1. The van der Waals surface area contributed by atoms with Gasteiger partial charge in [0.25, 0.3) is 5.56 Å². The Bertz CT molecular complexity index is 741.